The summed E-state index contributed by atoms with van der Waals surface area (Å²) >= 11 is 0. The third-order valence-electron chi connectivity index (χ3n) is 9.32. The summed E-state index contributed by atoms with van der Waals surface area (Å²) in [6.07, 6.45) is -19.6. The number of ether oxygens (including phenoxy) is 7. The van der Waals surface area contributed by atoms with E-state index >= 15 is 0 Å². The summed E-state index contributed by atoms with van der Waals surface area (Å²) < 4.78 is 44.5. The highest BCUT2D eigenvalue weighted by molar-refractivity contribution is 5.88. The van der Waals surface area contributed by atoms with Crippen LogP contribution < -0.4 is 19.6 Å². The summed E-state index contributed by atoms with van der Waals surface area (Å²) in [6.45, 7) is -0.527. The lowest BCUT2D eigenvalue weighted by atomic mass is 9.99. The smallest absolute Gasteiger partial charge is 0.239 e. The van der Waals surface area contributed by atoms with Crippen LogP contribution in [-0.2, 0) is 18.9 Å². The number of methoxy groups -OCH3 is 1. The van der Waals surface area contributed by atoms with Crippen molar-refractivity contribution < 1.29 is 93.7 Å². The van der Waals surface area contributed by atoms with Crippen molar-refractivity contribution in [3.63, 3.8) is 0 Å². The maximum Gasteiger partial charge on any atom is 0.239 e. The number of aliphatic hydroxyl groups excluding tert-OH is 8. The molecule has 4 heterocycles. The maximum atomic E-state index is 14.1. The summed E-state index contributed by atoms with van der Waals surface area (Å²) in [4.78, 5) is 14.1. The van der Waals surface area contributed by atoms with Gasteiger partial charge in [0.2, 0.25) is 23.8 Å². The average molecular weight is 757 g/mol. The number of hydrogen-bond donors (Lipinski definition) is 11. The van der Waals surface area contributed by atoms with E-state index in [2.05, 4.69) is 0 Å². The molecule has 0 bridgehead atoms. The van der Waals surface area contributed by atoms with Crippen LogP contribution >= 0.6 is 0 Å². The molecule has 0 aliphatic carbocycles. The lowest BCUT2D eigenvalue weighted by molar-refractivity contribution is -0.289. The summed E-state index contributed by atoms with van der Waals surface area (Å²) in [6, 6.07) is 5.90. The fourth-order valence-corrected chi connectivity index (χ4v) is 6.08. The standard InChI is InChI=1S/C33H40O20/c1-11-20(37)23(40)25(42)30(49-11)50-13-6-15(36)19-17(7-13)51-27(12-3-4-14(35)16(5-12)46-2)28(22(19)39)53-31-26(43)24(41)21(38)18(52-31)8-47-32-29(44)33(45,9-34)10-48-32/h3-7,11,18,20-21,23-26,29-32,34-38,40-45H,8-10H2,1-2H3/t11-,18+,20-,21+,23+,24-,25+,26+,29-,30-,31-,32+,33+/m0/s1. The number of phenolic OH excluding ortho intramolecular Hbond substituents is 2. The zero-order chi connectivity index (χ0) is 38.5. The fourth-order valence-electron chi connectivity index (χ4n) is 6.08. The van der Waals surface area contributed by atoms with Crippen LogP contribution in [0, 0.1) is 0 Å². The van der Waals surface area contributed by atoms with Crippen LogP contribution in [-0.4, -0.2) is 163 Å². The Morgan fingerprint density at radius 1 is 0.830 bits per heavy atom. The number of rotatable bonds is 10. The maximum absolute atomic E-state index is 14.1. The van der Waals surface area contributed by atoms with Gasteiger partial charge in [-0.15, -0.1) is 0 Å². The van der Waals surface area contributed by atoms with E-state index in [-0.39, 0.29) is 34.2 Å². The molecular formula is C33H40O20. The third-order valence-corrected chi connectivity index (χ3v) is 9.32. The summed E-state index contributed by atoms with van der Waals surface area (Å²) in [5.41, 5.74) is -3.34. The number of phenols is 2. The van der Waals surface area contributed by atoms with Crippen LogP contribution in [0.2, 0.25) is 0 Å². The van der Waals surface area contributed by atoms with Crippen LogP contribution in [0.1, 0.15) is 6.92 Å². The van der Waals surface area contributed by atoms with E-state index in [4.69, 9.17) is 37.6 Å². The largest absolute Gasteiger partial charge is 0.507 e. The topological polar surface area (TPSA) is 317 Å². The zero-order valence-corrected chi connectivity index (χ0v) is 28.0. The Hall–Kier alpha value is -3.87. The molecule has 2 aromatic carbocycles. The van der Waals surface area contributed by atoms with Crippen molar-refractivity contribution in [1.82, 2.24) is 0 Å². The highest BCUT2D eigenvalue weighted by Crippen LogP contribution is 2.40. The monoisotopic (exact) mass is 756 g/mol. The Balaban J connectivity index is 1.35. The first-order valence-electron chi connectivity index (χ1n) is 16.3. The zero-order valence-electron chi connectivity index (χ0n) is 28.0. The van der Waals surface area contributed by atoms with Crippen molar-refractivity contribution in [2.24, 2.45) is 0 Å². The molecule has 3 aliphatic rings. The first-order chi connectivity index (χ1) is 25.1. The van der Waals surface area contributed by atoms with Crippen LogP contribution in [0.25, 0.3) is 22.3 Å². The van der Waals surface area contributed by atoms with Gasteiger partial charge in [0.1, 0.15) is 76.9 Å². The quantitative estimate of drug-likeness (QED) is 0.0967. The van der Waals surface area contributed by atoms with Gasteiger partial charge in [0, 0.05) is 17.7 Å². The Labute approximate surface area is 298 Å². The minimum absolute atomic E-state index is 0.0472. The molecule has 20 nitrogen and oxygen atoms in total. The van der Waals surface area contributed by atoms with E-state index in [1.54, 1.807) is 0 Å². The molecule has 0 radical (unpaired) electrons. The molecule has 3 saturated heterocycles. The molecule has 0 saturated carbocycles. The normalized spacial score (nSPS) is 36.1. The van der Waals surface area contributed by atoms with Gasteiger partial charge in [-0.3, -0.25) is 4.79 Å². The van der Waals surface area contributed by atoms with Crippen molar-refractivity contribution in [2.45, 2.75) is 86.3 Å². The van der Waals surface area contributed by atoms with E-state index in [1.807, 2.05) is 0 Å². The number of hydrogen-bond acceptors (Lipinski definition) is 20. The Morgan fingerprint density at radius 2 is 1.51 bits per heavy atom. The van der Waals surface area contributed by atoms with E-state index in [9.17, 15) is 61.0 Å². The van der Waals surface area contributed by atoms with Gasteiger partial charge in [-0.25, -0.2) is 0 Å². The van der Waals surface area contributed by atoms with Crippen molar-refractivity contribution in [3.8, 4) is 40.1 Å². The van der Waals surface area contributed by atoms with Gasteiger partial charge in [-0.05, 0) is 25.1 Å². The summed E-state index contributed by atoms with van der Waals surface area (Å²) in [5.74, 6) is -2.36. The Morgan fingerprint density at radius 3 is 2.17 bits per heavy atom. The van der Waals surface area contributed by atoms with E-state index in [0.717, 1.165) is 12.1 Å². The van der Waals surface area contributed by atoms with Gasteiger partial charge in [0.25, 0.3) is 0 Å². The first-order valence-corrected chi connectivity index (χ1v) is 16.3. The van der Waals surface area contributed by atoms with Crippen LogP contribution in [0.5, 0.6) is 28.7 Å². The molecule has 20 heteroatoms. The van der Waals surface area contributed by atoms with Crippen LogP contribution in [0.3, 0.4) is 0 Å². The van der Waals surface area contributed by atoms with Crippen molar-refractivity contribution >= 4 is 11.0 Å². The minimum Gasteiger partial charge on any atom is -0.507 e. The van der Waals surface area contributed by atoms with Crippen molar-refractivity contribution in [1.29, 1.82) is 0 Å². The van der Waals surface area contributed by atoms with Gasteiger partial charge < -0.3 is 93.7 Å². The van der Waals surface area contributed by atoms with Gasteiger partial charge in [-0.2, -0.15) is 0 Å². The second-order valence-corrected chi connectivity index (χ2v) is 12.9. The first kappa shape index (κ1) is 38.8. The fraction of sp³-hybridized carbons (Fsp3) is 0.545. The van der Waals surface area contributed by atoms with Crippen molar-refractivity contribution in [2.75, 3.05) is 26.9 Å². The average Bonchev–Trinajstić information content (AvgIpc) is 3.42. The summed E-state index contributed by atoms with van der Waals surface area (Å²) in [7, 11) is 1.26. The van der Waals surface area contributed by atoms with Crippen LogP contribution in [0.4, 0.5) is 0 Å². The number of benzene rings is 2. The molecule has 292 valence electrons. The third kappa shape index (κ3) is 7.22. The van der Waals surface area contributed by atoms with Crippen LogP contribution in [0.15, 0.2) is 39.5 Å². The predicted molar refractivity (Wildman–Crippen MR) is 172 cm³/mol. The molecule has 53 heavy (non-hydrogen) atoms. The predicted octanol–water partition coefficient (Wildman–Crippen LogP) is -3.27. The minimum atomic E-state index is -2.02. The van der Waals surface area contributed by atoms with Gasteiger partial charge in [0.05, 0.1) is 33.0 Å². The van der Waals surface area contributed by atoms with E-state index in [1.165, 1.54) is 32.2 Å². The Bertz CT molecular complexity index is 1830. The lowest BCUT2D eigenvalue weighted by Crippen LogP contribution is -2.60. The molecule has 0 unspecified atom stereocenters. The van der Waals surface area contributed by atoms with E-state index < -0.39 is 122 Å². The molecule has 0 amide bonds. The van der Waals surface area contributed by atoms with Gasteiger partial charge in [0.15, 0.2) is 23.5 Å². The molecule has 1 aromatic heterocycles. The molecule has 3 fully saturated rings. The van der Waals surface area contributed by atoms with Gasteiger partial charge >= 0.3 is 0 Å². The number of aliphatic hydroxyl groups is 9. The molecule has 3 aliphatic heterocycles. The number of aromatic hydroxyl groups is 2. The number of fused-ring (bicyclic) bond motifs is 1. The molecule has 6 rings (SSSR count). The highest BCUT2D eigenvalue weighted by atomic mass is 16.7. The molecule has 0 spiro atoms. The SMILES string of the molecule is COc1cc(-c2oc3cc(O[C@@H]4O[C@@H](C)[C@H](O)[C@@H](O)[C@H]4O)cc(O)c3c(=O)c2O[C@@H]2O[C@H](CO[C@@H]3OC[C@](O)(CO)[C@H]3O)[C@@H](O)[C@H](O)[C@H]2O)ccc1O. The van der Waals surface area contributed by atoms with E-state index in [0.29, 0.717) is 0 Å². The van der Waals surface area contributed by atoms with Crippen molar-refractivity contribution in [3.05, 3.63) is 40.6 Å². The summed E-state index contributed by atoms with van der Waals surface area (Å²) in [5, 5.41) is 114. The molecule has 11 N–H and O–H groups in total. The lowest BCUT2D eigenvalue weighted by Gasteiger charge is -2.40. The van der Waals surface area contributed by atoms with Gasteiger partial charge in [-0.1, -0.05) is 0 Å². The molecular weight excluding hydrogens is 716 g/mol. The second-order valence-electron chi connectivity index (χ2n) is 12.9. The second kappa shape index (κ2) is 15.1. The Kier molecular flexibility index (Phi) is 11.1. The highest BCUT2D eigenvalue weighted by Gasteiger charge is 2.50. The molecule has 3 aromatic rings. The molecule has 13 atom stereocenters.